The molecule has 0 spiro atoms. The SMILES string of the molecule is O=C(CSc1nnc(-c2ccc(Cl)cc2)n1-c1ccc(Cl)cc1)N/N=C/C=C/c1ccccc1. The second-order valence-corrected chi connectivity index (χ2v) is 8.81. The normalized spacial score (nSPS) is 11.4. The number of hydrogen-bond acceptors (Lipinski definition) is 5. The lowest BCUT2D eigenvalue weighted by Crippen LogP contribution is -2.19. The molecule has 1 N–H and O–H groups in total. The summed E-state index contributed by atoms with van der Waals surface area (Å²) >= 11 is 13.4. The molecule has 0 aliphatic heterocycles. The monoisotopic (exact) mass is 507 g/mol. The quantitative estimate of drug-likeness (QED) is 0.176. The largest absolute Gasteiger partial charge is 0.272 e. The van der Waals surface area contributed by atoms with Gasteiger partial charge in [-0.2, -0.15) is 5.10 Å². The molecule has 1 heterocycles. The Hall–Kier alpha value is -3.39. The fraction of sp³-hybridized carbons (Fsp3) is 0.0400. The number of carbonyl (C=O) groups is 1. The van der Waals surface area contributed by atoms with E-state index in [4.69, 9.17) is 23.2 Å². The second kappa shape index (κ2) is 11.7. The van der Waals surface area contributed by atoms with Gasteiger partial charge in [0.15, 0.2) is 11.0 Å². The fourth-order valence-corrected chi connectivity index (χ4v) is 4.00. The van der Waals surface area contributed by atoms with Crippen LogP contribution in [0.25, 0.3) is 23.2 Å². The molecule has 0 aliphatic carbocycles. The first kappa shape index (κ1) is 23.8. The summed E-state index contributed by atoms with van der Waals surface area (Å²) in [7, 11) is 0. The number of amides is 1. The van der Waals surface area contributed by atoms with Crippen molar-refractivity contribution in [1.29, 1.82) is 0 Å². The molecular formula is C25H19Cl2N5OS. The third-order valence-electron chi connectivity index (χ3n) is 4.59. The summed E-state index contributed by atoms with van der Waals surface area (Å²) in [5, 5.41) is 14.4. The lowest BCUT2D eigenvalue weighted by molar-refractivity contribution is -0.118. The number of hydrazone groups is 1. The Bertz CT molecular complexity index is 1300. The van der Waals surface area contributed by atoms with E-state index in [1.807, 2.05) is 65.2 Å². The summed E-state index contributed by atoms with van der Waals surface area (Å²) in [6.07, 6.45) is 5.19. The molecule has 34 heavy (non-hydrogen) atoms. The van der Waals surface area contributed by atoms with Gasteiger partial charge in [-0.05, 0) is 60.2 Å². The minimum absolute atomic E-state index is 0.117. The van der Waals surface area contributed by atoms with E-state index in [0.717, 1.165) is 16.8 Å². The summed E-state index contributed by atoms with van der Waals surface area (Å²) in [5.74, 6) is 0.491. The molecule has 3 aromatic carbocycles. The highest BCUT2D eigenvalue weighted by atomic mass is 35.5. The maximum absolute atomic E-state index is 12.3. The van der Waals surface area contributed by atoms with E-state index in [9.17, 15) is 4.79 Å². The molecule has 6 nitrogen and oxygen atoms in total. The van der Waals surface area contributed by atoms with Crippen LogP contribution in [0.2, 0.25) is 10.0 Å². The van der Waals surface area contributed by atoms with E-state index in [1.165, 1.54) is 18.0 Å². The van der Waals surface area contributed by atoms with E-state index < -0.39 is 0 Å². The number of nitrogens with zero attached hydrogens (tertiary/aromatic N) is 4. The highest BCUT2D eigenvalue weighted by Crippen LogP contribution is 2.29. The molecule has 4 rings (SSSR count). The Balaban J connectivity index is 1.45. The van der Waals surface area contributed by atoms with Crippen LogP contribution in [0.15, 0.2) is 95.2 Å². The maximum atomic E-state index is 12.3. The zero-order valence-corrected chi connectivity index (χ0v) is 20.1. The van der Waals surface area contributed by atoms with Crippen LogP contribution >= 0.6 is 35.0 Å². The molecule has 0 atom stereocenters. The van der Waals surface area contributed by atoms with Crippen LogP contribution in [-0.2, 0) is 4.79 Å². The van der Waals surface area contributed by atoms with E-state index in [-0.39, 0.29) is 11.7 Å². The second-order valence-electron chi connectivity index (χ2n) is 7.00. The standard InChI is InChI=1S/C25H19Cl2N5OS/c26-20-10-8-19(9-11-20)24-30-31-25(32(24)22-14-12-21(27)13-15-22)34-17-23(33)29-28-16-4-7-18-5-2-1-3-6-18/h1-16H,17H2,(H,29,33)/b7-4+,28-16+. The van der Waals surface area contributed by atoms with Gasteiger partial charge in [0.05, 0.1) is 5.75 Å². The molecule has 0 aliphatic rings. The number of rotatable bonds is 8. The minimum Gasteiger partial charge on any atom is -0.272 e. The highest BCUT2D eigenvalue weighted by molar-refractivity contribution is 7.99. The molecule has 4 aromatic rings. The predicted octanol–water partition coefficient (Wildman–Crippen LogP) is 6.15. The Morgan fingerprint density at radius 3 is 2.32 bits per heavy atom. The summed E-state index contributed by atoms with van der Waals surface area (Å²) in [4.78, 5) is 12.3. The van der Waals surface area contributed by atoms with Gasteiger partial charge in [0.25, 0.3) is 5.91 Å². The van der Waals surface area contributed by atoms with E-state index in [2.05, 4.69) is 20.7 Å². The van der Waals surface area contributed by atoms with E-state index in [1.54, 1.807) is 30.3 Å². The molecule has 0 saturated heterocycles. The third-order valence-corrected chi connectivity index (χ3v) is 6.02. The molecule has 9 heteroatoms. The Labute approximate surface area is 211 Å². The smallest absolute Gasteiger partial charge is 0.250 e. The molecular weight excluding hydrogens is 489 g/mol. The lowest BCUT2D eigenvalue weighted by Gasteiger charge is -2.10. The number of allylic oxidation sites excluding steroid dienone is 1. The average molecular weight is 508 g/mol. The van der Waals surface area contributed by atoms with E-state index in [0.29, 0.717) is 21.0 Å². The van der Waals surface area contributed by atoms with Crippen LogP contribution in [0.4, 0.5) is 0 Å². The van der Waals surface area contributed by atoms with Gasteiger partial charge < -0.3 is 0 Å². The maximum Gasteiger partial charge on any atom is 0.250 e. The molecule has 1 aromatic heterocycles. The topological polar surface area (TPSA) is 72.2 Å². The van der Waals surface area contributed by atoms with Crippen LogP contribution in [0, 0.1) is 0 Å². The molecule has 0 unspecified atom stereocenters. The Morgan fingerprint density at radius 1 is 0.941 bits per heavy atom. The van der Waals surface area contributed by atoms with Gasteiger partial charge in [0, 0.05) is 27.5 Å². The van der Waals surface area contributed by atoms with Crippen molar-refractivity contribution in [2.45, 2.75) is 5.16 Å². The van der Waals surface area contributed by atoms with Crippen LogP contribution in [0.5, 0.6) is 0 Å². The molecule has 0 saturated carbocycles. The number of aromatic nitrogens is 3. The third kappa shape index (κ3) is 6.35. The first-order valence-electron chi connectivity index (χ1n) is 10.2. The fourth-order valence-electron chi connectivity index (χ4n) is 3.01. The number of hydrogen-bond donors (Lipinski definition) is 1. The summed E-state index contributed by atoms with van der Waals surface area (Å²) in [6.45, 7) is 0. The zero-order valence-electron chi connectivity index (χ0n) is 17.8. The number of carbonyl (C=O) groups excluding carboxylic acids is 1. The van der Waals surface area contributed by atoms with Gasteiger partial charge in [-0.25, -0.2) is 5.43 Å². The van der Waals surface area contributed by atoms with Crippen LogP contribution in [0.3, 0.4) is 0 Å². The zero-order chi connectivity index (χ0) is 23.8. The van der Waals surface area contributed by atoms with Crippen molar-refractivity contribution >= 4 is 53.2 Å². The first-order valence-corrected chi connectivity index (χ1v) is 12.0. The average Bonchev–Trinajstić information content (AvgIpc) is 3.28. The molecule has 1 amide bonds. The van der Waals surface area contributed by atoms with Gasteiger partial charge in [-0.3, -0.25) is 9.36 Å². The van der Waals surface area contributed by atoms with Crippen molar-refractivity contribution in [2.24, 2.45) is 5.10 Å². The van der Waals surface area contributed by atoms with Gasteiger partial charge in [-0.15, -0.1) is 10.2 Å². The lowest BCUT2D eigenvalue weighted by atomic mass is 10.2. The number of benzene rings is 3. The highest BCUT2D eigenvalue weighted by Gasteiger charge is 2.17. The summed E-state index contributed by atoms with van der Waals surface area (Å²) < 4.78 is 1.88. The van der Waals surface area contributed by atoms with Crippen molar-refractivity contribution in [3.63, 3.8) is 0 Å². The van der Waals surface area contributed by atoms with Crippen molar-refractivity contribution in [3.05, 3.63) is 101 Å². The van der Waals surface area contributed by atoms with Crippen LogP contribution < -0.4 is 5.43 Å². The van der Waals surface area contributed by atoms with Gasteiger partial charge >= 0.3 is 0 Å². The molecule has 0 bridgehead atoms. The number of nitrogens with one attached hydrogen (secondary N) is 1. The van der Waals surface area contributed by atoms with Gasteiger partial charge in [0.2, 0.25) is 0 Å². The van der Waals surface area contributed by atoms with Crippen molar-refractivity contribution in [3.8, 4) is 17.1 Å². The van der Waals surface area contributed by atoms with E-state index >= 15 is 0 Å². The molecule has 0 radical (unpaired) electrons. The predicted molar refractivity (Wildman–Crippen MR) is 140 cm³/mol. The molecule has 170 valence electrons. The van der Waals surface area contributed by atoms with Crippen LogP contribution in [-0.4, -0.2) is 32.6 Å². The van der Waals surface area contributed by atoms with Crippen molar-refractivity contribution in [2.75, 3.05) is 5.75 Å². The summed E-state index contributed by atoms with van der Waals surface area (Å²) in [5.41, 5.74) is 5.24. The minimum atomic E-state index is -0.256. The number of halogens is 2. The van der Waals surface area contributed by atoms with Crippen molar-refractivity contribution < 1.29 is 4.79 Å². The Morgan fingerprint density at radius 2 is 1.62 bits per heavy atom. The molecule has 0 fully saturated rings. The first-order chi connectivity index (χ1) is 16.6. The number of thioether (sulfide) groups is 1. The van der Waals surface area contributed by atoms with Crippen LogP contribution in [0.1, 0.15) is 5.56 Å². The summed E-state index contributed by atoms with van der Waals surface area (Å²) in [6, 6.07) is 24.5. The van der Waals surface area contributed by atoms with Gasteiger partial charge in [0.1, 0.15) is 0 Å². The van der Waals surface area contributed by atoms with Gasteiger partial charge in [-0.1, -0.05) is 71.4 Å². The Kier molecular flexibility index (Phi) is 8.14. The van der Waals surface area contributed by atoms with Crippen molar-refractivity contribution in [1.82, 2.24) is 20.2 Å².